The first kappa shape index (κ1) is 10.7. The van der Waals surface area contributed by atoms with Crippen LogP contribution in [0.5, 0.6) is 0 Å². The van der Waals surface area contributed by atoms with Gasteiger partial charge in [-0.1, -0.05) is 43.1 Å². The van der Waals surface area contributed by atoms with Crippen molar-refractivity contribution in [1.82, 2.24) is 8.75 Å². The topological polar surface area (TPSA) is 25.8 Å². The lowest BCUT2D eigenvalue weighted by Crippen LogP contribution is -2.14. The molecule has 1 aromatic heterocycles. The zero-order valence-electron chi connectivity index (χ0n) is 8.07. The van der Waals surface area contributed by atoms with Gasteiger partial charge in [0.05, 0.1) is 11.7 Å². The summed E-state index contributed by atoms with van der Waals surface area (Å²) in [5.41, 5.74) is 0. The summed E-state index contributed by atoms with van der Waals surface area (Å²) in [5, 5.41) is 2.20. The van der Waals surface area contributed by atoms with Crippen LogP contribution in [0.4, 0.5) is 0 Å². The van der Waals surface area contributed by atoms with Crippen LogP contribution in [-0.2, 0) is 0 Å². The molecule has 0 spiro atoms. The SMILES string of the molecule is CC1CCCC(Sc2nsnc2Cl)C1. The third kappa shape index (κ3) is 2.61. The third-order valence-electron chi connectivity index (χ3n) is 2.59. The Labute approximate surface area is 97.8 Å². The quantitative estimate of drug-likeness (QED) is 0.795. The first-order valence-electron chi connectivity index (χ1n) is 4.90. The lowest BCUT2D eigenvalue weighted by Gasteiger charge is -2.25. The van der Waals surface area contributed by atoms with Crippen molar-refractivity contribution in [2.45, 2.75) is 42.9 Å². The normalized spacial score (nSPS) is 27.9. The third-order valence-corrected chi connectivity index (χ3v) is 4.98. The maximum Gasteiger partial charge on any atom is 0.176 e. The summed E-state index contributed by atoms with van der Waals surface area (Å²) >= 11 is 8.92. The number of thioether (sulfide) groups is 1. The zero-order chi connectivity index (χ0) is 9.97. The molecule has 14 heavy (non-hydrogen) atoms. The second-order valence-corrected chi connectivity index (χ2v) is 6.05. The predicted octanol–water partition coefficient (Wildman–Crippen LogP) is 3.86. The maximum atomic E-state index is 5.91. The molecule has 0 N–H and O–H groups in total. The number of nitrogens with zero attached hydrogens (tertiary/aromatic N) is 2. The van der Waals surface area contributed by atoms with Crippen LogP contribution in [0.3, 0.4) is 0 Å². The summed E-state index contributed by atoms with van der Waals surface area (Å²) < 4.78 is 8.17. The molecule has 0 bridgehead atoms. The van der Waals surface area contributed by atoms with Crippen LogP contribution in [0, 0.1) is 5.92 Å². The van der Waals surface area contributed by atoms with Gasteiger partial charge in [-0.05, 0) is 18.8 Å². The minimum atomic E-state index is 0.582. The lowest BCUT2D eigenvalue weighted by molar-refractivity contribution is 0.394. The van der Waals surface area contributed by atoms with E-state index in [1.165, 1.54) is 37.4 Å². The van der Waals surface area contributed by atoms with E-state index in [2.05, 4.69) is 15.7 Å². The van der Waals surface area contributed by atoms with Gasteiger partial charge in [0.15, 0.2) is 5.15 Å². The summed E-state index contributed by atoms with van der Waals surface area (Å²) in [4.78, 5) is 0. The van der Waals surface area contributed by atoms with Crippen molar-refractivity contribution in [2.75, 3.05) is 0 Å². The average molecular weight is 249 g/mol. The minimum absolute atomic E-state index is 0.582. The number of rotatable bonds is 2. The number of aromatic nitrogens is 2. The van der Waals surface area contributed by atoms with Crippen LogP contribution in [0.1, 0.15) is 32.6 Å². The molecule has 0 radical (unpaired) electrons. The average Bonchev–Trinajstić information content (AvgIpc) is 2.52. The lowest BCUT2D eigenvalue weighted by atomic mass is 9.91. The Bertz CT molecular complexity index is 303. The van der Waals surface area contributed by atoms with Crippen molar-refractivity contribution >= 4 is 35.1 Å². The molecule has 0 aliphatic heterocycles. The van der Waals surface area contributed by atoms with Gasteiger partial charge in [-0.3, -0.25) is 0 Å². The van der Waals surface area contributed by atoms with E-state index in [-0.39, 0.29) is 0 Å². The smallest absolute Gasteiger partial charge is 0.165 e. The highest BCUT2D eigenvalue weighted by Crippen LogP contribution is 2.37. The summed E-state index contributed by atoms with van der Waals surface area (Å²) in [6.45, 7) is 2.33. The molecule has 2 unspecified atom stereocenters. The molecule has 78 valence electrons. The highest BCUT2D eigenvalue weighted by molar-refractivity contribution is 8.00. The molecule has 0 aromatic carbocycles. The molecule has 2 nitrogen and oxygen atoms in total. The van der Waals surface area contributed by atoms with Crippen molar-refractivity contribution in [3.63, 3.8) is 0 Å². The maximum absolute atomic E-state index is 5.91. The molecule has 1 fully saturated rings. The Morgan fingerprint density at radius 2 is 2.29 bits per heavy atom. The van der Waals surface area contributed by atoms with E-state index < -0.39 is 0 Å². The summed E-state index contributed by atoms with van der Waals surface area (Å²) in [6.07, 6.45) is 5.30. The molecule has 1 aliphatic carbocycles. The molecule has 1 saturated carbocycles. The first-order valence-corrected chi connectivity index (χ1v) is 6.89. The van der Waals surface area contributed by atoms with Crippen molar-refractivity contribution in [1.29, 1.82) is 0 Å². The molecule has 1 heterocycles. The van der Waals surface area contributed by atoms with Crippen LogP contribution in [0.25, 0.3) is 0 Å². The molecule has 1 aliphatic rings. The Hall–Kier alpha value is 0.200. The zero-order valence-corrected chi connectivity index (χ0v) is 10.5. The minimum Gasteiger partial charge on any atom is -0.165 e. The van der Waals surface area contributed by atoms with Crippen LogP contribution in [0.15, 0.2) is 5.03 Å². The highest BCUT2D eigenvalue weighted by Gasteiger charge is 2.21. The molecule has 0 saturated heterocycles. The summed E-state index contributed by atoms with van der Waals surface area (Å²) in [7, 11) is 0. The standard InChI is InChI=1S/C9H13ClN2S2/c1-6-3-2-4-7(5-6)13-9-8(10)11-14-12-9/h6-7H,2-5H2,1H3. The van der Waals surface area contributed by atoms with Gasteiger partial charge in [-0.2, -0.15) is 8.75 Å². The Morgan fingerprint density at radius 3 is 2.93 bits per heavy atom. The predicted molar refractivity (Wildman–Crippen MR) is 62.2 cm³/mol. The van der Waals surface area contributed by atoms with Crippen LogP contribution >= 0.6 is 35.1 Å². The fraction of sp³-hybridized carbons (Fsp3) is 0.778. The summed E-state index contributed by atoms with van der Waals surface area (Å²) in [6, 6.07) is 0. The van der Waals surface area contributed by atoms with E-state index in [1.807, 2.05) is 0 Å². The molecular formula is C9H13ClN2S2. The van der Waals surface area contributed by atoms with Crippen molar-refractivity contribution in [3.05, 3.63) is 5.15 Å². The van der Waals surface area contributed by atoms with Crippen LogP contribution < -0.4 is 0 Å². The Morgan fingerprint density at radius 1 is 1.43 bits per heavy atom. The molecule has 1 aromatic rings. The van der Waals surface area contributed by atoms with E-state index in [0.29, 0.717) is 10.4 Å². The van der Waals surface area contributed by atoms with Crippen LogP contribution in [-0.4, -0.2) is 14.0 Å². The second kappa shape index (κ2) is 4.81. The van der Waals surface area contributed by atoms with Gasteiger partial charge in [-0.25, -0.2) is 0 Å². The molecular weight excluding hydrogens is 236 g/mol. The van der Waals surface area contributed by atoms with Crippen LogP contribution in [0.2, 0.25) is 5.15 Å². The van der Waals surface area contributed by atoms with Gasteiger partial charge in [0.25, 0.3) is 0 Å². The number of hydrogen-bond donors (Lipinski definition) is 0. The van der Waals surface area contributed by atoms with Gasteiger partial charge < -0.3 is 0 Å². The van der Waals surface area contributed by atoms with E-state index in [1.54, 1.807) is 11.8 Å². The Kier molecular flexibility index (Phi) is 3.68. The van der Waals surface area contributed by atoms with Gasteiger partial charge >= 0.3 is 0 Å². The highest BCUT2D eigenvalue weighted by atomic mass is 35.5. The Balaban J connectivity index is 1.94. The largest absolute Gasteiger partial charge is 0.176 e. The van der Waals surface area contributed by atoms with Gasteiger partial charge in [-0.15, -0.1) is 0 Å². The van der Waals surface area contributed by atoms with Crippen molar-refractivity contribution < 1.29 is 0 Å². The summed E-state index contributed by atoms with van der Waals surface area (Å²) in [5.74, 6) is 0.853. The molecule has 2 atom stereocenters. The van der Waals surface area contributed by atoms with E-state index >= 15 is 0 Å². The van der Waals surface area contributed by atoms with Gasteiger partial charge in [0.2, 0.25) is 0 Å². The fourth-order valence-corrected chi connectivity index (χ4v) is 4.06. The molecule has 2 rings (SSSR count). The molecule has 5 heteroatoms. The van der Waals surface area contributed by atoms with E-state index in [0.717, 1.165) is 10.9 Å². The van der Waals surface area contributed by atoms with E-state index in [9.17, 15) is 0 Å². The van der Waals surface area contributed by atoms with E-state index in [4.69, 9.17) is 11.6 Å². The van der Waals surface area contributed by atoms with Crippen molar-refractivity contribution in [2.24, 2.45) is 5.92 Å². The van der Waals surface area contributed by atoms with Gasteiger partial charge in [0, 0.05) is 5.25 Å². The second-order valence-electron chi connectivity index (χ2n) is 3.87. The van der Waals surface area contributed by atoms with Gasteiger partial charge in [0.1, 0.15) is 5.03 Å². The number of halogens is 1. The monoisotopic (exact) mass is 248 g/mol. The first-order chi connectivity index (χ1) is 6.75. The van der Waals surface area contributed by atoms with Crippen molar-refractivity contribution in [3.8, 4) is 0 Å². The fourth-order valence-electron chi connectivity index (χ4n) is 1.88. The molecule has 0 amide bonds. The number of hydrogen-bond acceptors (Lipinski definition) is 4.